The molecule has 4 heteroatoms. The van der Waals surface area contributed by atoms with Crippen LogP contribution < -0.4 is 0 Å². The monoisotopic (exact) mass is 289 g/mol. The fraction of sp³-hybridized carbons (Fsp3) is 0.765. The van der Waals surface area contributed by atoms with E-state index in [2.05, 4.69) is 14.9 Å². The van der Waals surface area contributed by atoms with Crippen LogP contribution in [0, 0.1) is 12.8 Å². The summed E-state index contributed by atoms with van der Waals surface area (Å²) in [5.41, 5.74) is 1.21. The summed E-state index contributed by atoms with van der Waals surface area (Å²) in [7, 11) is 0. The highest BCUT2D eigenvalue weighted by atomic mass is 16.5. The van der Waals surface area contributed by atoms with Gasteiger partial charge in [-0.15, -0.1) is 0 Å². The normalized spacial score (nSPS) is 25.1. The second-order valence-corrected chi connectivity index (χ2v) is 6.61. The van der Waals surface area contributed by atoms with Crippen LogP contribution in [0.15, 0.2) is 12.4 Å². The highest BCUT2D eigenvalue weighted by molar-refractivity contribution is 5.04. The van der Waals surface area contributed by atoms with Crippen molar-refractivity contribution in [1.29, 1.82) is 0 Å². The van der Waals surface area contributed by atoms with Crippen LogP contribution in [-0.4, -0.2) is 40.7 Å². The Morgan fingerprint density at radius 1 is 1.19 bits per heavy atom. The lowest BCUT2D eigenvalue weighted by molar-refractivity contribution is -0.0439. The van der Waals surface area contributed by atoms with Crippen LogP contribution in [0.1, 0.15) is 49.9 Å². The molecule has 0 spiro atoms. The van der Waals surface area contributed by atoms with Crippen LogP contribution in [0.2, 0.25) is 0 Å². The zero-order valence-corrected chi connectivity index (χ0v) is 13.1. The Balaban J connectivity index is 1.49. The third-order valence-electron chi connectivity index (χ3n) is 4.78. The first-order chi connectivity index (χ1) is 10.3. The summed E-state index contributed by atoms with van der Waals surface area (Å²) >= 11 is 0. The molecule has 1 aliphatic carbocycles. The molecule has 1 aromatic rings. The first-order valence-electron chi connectivity index (χ1n) is 8.41. The van der Waals surface area contributed by atoms with E-state index in [-0.39, 0.29) is 0 Å². The van der Waals surface area contributed by atoms with Crippen molar-refractivity contribution in [2.24, 2.45) is 5.92 Å². The van der Waals surface area contributed by atoms with Crippen molar-refractivity contribution < 1.29 is 4.74 Å². The Labute approximate surface area is 127 Å². The van der Waals surface area contributed by atoms with E-state index in [1.54, 1.807) is 0 Å². The topological polar surface area (TPSA) is 38.2 Å². The highest BCUT2D eigenvalue weighted by Crippen LogP contribution is 2.29. The number of hydrogen-bond donors (Lipinski definition) is 0. The Bertz CT molecular complexity index is 428. The van der Waals surface area contributed by atoms with Gasteiger partial charge in [-0.05, 0) is 19.3 Å². The molecule has 0 amide bonds. The largest absolute Gasteiger partial charge is 0.376 e. The van der Waals surface area contributed by atoms with Crippen molar-refractivity contribution in [3.05, 3.63) is 23.8 Å². The molecule has 2 aliphatic rings. The van der Waals surface area contributed by atoms with E-state index < -0.39 is 0 Å². The van der Waals surface area contributed by atoms with Crippen LogP contribution in [0.5, 0.6) is 0 Å². The number of aromatic nitrogens is 2. The fourth-order valence-electron chi connectivity index (χ4n) is 3.62. The number of ether oxygens (including phenoxy) is 1. The van der Waals surface area contributed by atoms with Crippen molar-refractivity contribution in [2.45, 2.75) is 58.1 Å². The van der Waals surface area contributed by atoms with E-state index in [9.17, 15) is 0 Å². The molecule has 0 bridgehead atoms. The van der Waals surface area contributed by atoms with Gasteiger partial charge in [0.1, 0.15) is 5.82 Å². The molecule has 21 heavy (non-hydrogen) atoms. The molecule has 2 fully saturated rings. The molecule has 1 aromatic heterocycles. The molecule has 1 unspecified atom stereocenters. The summed E-state index contributed by atoms with van der Waals surface area (Å²) in [5, 5.41) is 0. The molecule has 0 radical (unpaired) electrons. The lowest BCUT2D eigenvalue weighted by atomic mass is 9.85. The number of morpholine rings is 1. The molecule has 2 heterocycles. The zero-order valence-electron chi connectivity index (χ0n) is 13.1. The molecule has 0 N–H and O–H groups in total. The van der Waals surface area contributed by atoms with Gasteiger partial charge in [0, 0.05) is 37.6 Å². The maximum atomic E-state index is 5.99. The quantitative estimate of drug-likeness (QED) is 0.854. The average molecular weight is 289 g/mol. The van der Waals surface area contributed by atoms with Crippen LogP contribution in [0.4, 0.5) is 0 Å². The van der Waals surface area contributed by atoms with Crippen molar-refractivity contribution >= 4 is 0 Å². The summed E-state index contributed by atoms with van der Waals surface area (Å²) in [6.07, 6.45) is 12.7. The average Bonchev–Trinajstić information content (AvgIpc) is 2.51. The molecule has 116 valence electrons. The summed E-state index contributed by atoms with van der Waals surface area (Å²) in [4.78, 5) is 11.1. The van der Waals surface area contributed by atoms with Gasteiger partial charge in [0.05, 0.1) is 12.7 Å². The summed E-state index contributed by atoms with van der Waals surface area (Å²) < 4.78 is 5.99. The Hall–Kier alpha value is -1.00. The van der Waals surface area contributed by atoms with E-state index >= 15 is 0 Å². The molecule has 4 nitrogen and oxygen atoms in total. The van der Waals surface area contributed by atoms with E-state index in [1.165, 1.54) is 44.1 Å². The third kappa shape index (κ3) is 4.48. The molecule has 1 saturated heterocycles. The summed E-state index contributed by atoms with van der Waals surface area (Å²) in [5.74, 6) is 1.74. The lowest BCUT2D eigenvalue weighted by Crippen LogP contribution is -2.42. The maximum absolute atomic E-state index is 5.99. The number of aryl methyl sites for hydroxylation is 1. The van der Waals surface area contributed by atoms with Gasteiger partial charge in [-0.25, -0.2) is 9.97 Å². The zero-order chi connectivity index (χ0) is 14.5. The first kappa shape index (κ1) is 14.9. The predicted octanol–water partition coefficient (Wildman–Crippen LogP) is 2.96. The van der Waals surface area contributed by atoms with E-state index in [0.717, 1.165) is 38.0 Å². The Kier molecular flexibility index (Phi) is 5.20. The SMILES string of the molecule is Cc1ncc(CN2CCOC(CC3CCCCC3)C2)cn1. The maximum Gasteiger partial charge on any atom is 0.125 e. The molecule has 1 atom stereocenters. The molecule has 3 rings (SSSR count). The second kappa shape index (κ2) is 7.32. The van der Waals surface area contributed by atoms with Gasteiger partial charge in [0.2, 0.25) is 0 Å². The molecule has 1 saturated carbocycles. The standard InChI is InChI=1S/C17H27N3O/c1-14-18-10-16(11-19-14)12-20-7-8-21-17(13-20)9-15-5-3-2-4-6-15/h10-11,15,17H,2-9,12-13H2,1H3. The van der Waals surface area contributed by atoms with Crippen molar-refractivity contribution in [3.63, 3.8) is 0 Å². The van der Waals surface area contributed by atoms with Crippen molar-refractivity contribution in [3.8, 4) is 0 Å². The Morgan fingerprint density at radius 3 is 2.71 bits per heavy atom. The van der Waals surface area contributed by atoms with Gasteiger partial charge < -0.3 is 4.74 Å². The highest BCUT2D eigenvalue weighted by Gasteiger charge is 2.24. The fourth-order valence-corrected chi connectivity index (χ4v) is 3.62. The van der Waals surface area contributed by atoms with Crippen LogP contribution >= 0.6 is 0 Å². The predicted molar refractivity (Wildman–Crippen MR) is 83.0 cm³/mol. The van der Waals surface area contributed by atoms with Crippen molar-refractivity contribution in [1.82, 2.24) is 14.9 Å². The van der Waals surface area contributed by atoms with E-state index in [4.69, 9.17) is 4.74 Å². The molecule has 1 aliphatic heterocycles. The smallest absolute Gasteiger partial charge is 0.125 e. The number of hydrogen-bond acceptors (Lipinski definition) is 4. The minimum atomic E-state index is 0.424. The number of nitrogens with zero attached hydrogens (tertiary/aromatic N) is 3. The van der Waals surface area contributed by atoms with E-state index in [0.29, 0.717) is 6.10 Å². The van der Waals surface area contributed by atoms with Crippen LogP contribution in [-0.2, 0) is 11.3 Å². The van der Waals surface area contributed by atoms with Gasteiger partial charge >= 0.3 is 0 Å². The van der Waals surface area contributed by atoms with Gasteiger partial charge in [0.25, 0.3) is 0 Å². The minimum absolute atomic E-state index is 0.424. The molecule has 0 aromatic carbocycles. The van der Waals surface area contributed by atoms with Gasteiger partial charge in [0.15, 0.2) is 0 Å². The first-order valence-corrected chi connectivity index (χ1v) is 8.41. The summed E-state index contributed by atoms with van der Waals surface area (Å²) in [6, 6.07) is 0. The van der Waals surface area contributed by atoms with Gasteiger partial charge in [-0.3, -0.25) is 4.90 Å². The Morgan fingerprint density at radius 2 is 1.95 bits per heavy atom. The van der Waals surface area contributed by atoms with Gasteiger partial charge in [-0.2, -0.15) is 0 Å². The van der Waals surface area contributed by atoms with Gasteiger partial charge in [-0.1, -0.05) is 32.1 Å². The molecular formula is C17H27N3O. The molecular weight excluding hydrogens is 262 g/mol. The lowest BCUT2D eigenvalue weighted by Gasteiger charge is -2.35. The second-order valence-electron chi connectivity index (χ2n) is 6.61. The summed E-state index contributed by atoms with van der Waals surface area (Å²) in [6.45, 7) is 5.83. The number of rotatable bonds is 4. The van der Waals surface area contributed by atoms with Crippen LogP contribution in [0.3, 0.4) is 0 Å². The van der Waals surface area contributed by atoms with Crippen molar-refractivity contribution in [2.75, 3.05) is 19.7 Å². The third-order valence-corrected chi connectivity index (χ3v) is 4.78. The van der Waals surface area contributed by atoms with Crippen LogP contribution in [0.25, 0.3) is 0 Å². The minimum Gasteiger partial charge on any atom is -0.376 e. The van der Waals surface area contributed by atoms with E-state index in [1.807, 2.05) is 19.3 Å².